The maximum absolute atomic E-state index is 11.8. The Hall–Kier alpha value is 0.278. The molecule has 0 amide bonds. The molecule has 2 aliphatic carbocycles. The molecule has 0 aliphatic heterocycles. The summed E-state index contributed by atoms with van der Waals surface area (Å²) < 4.78 is 23.0. The van der Waals surface area contributed by atoms with E-state index in [-0.39, 0.29) is 12.2 Å². The second kappa shape index (κ2) is 6.88. The molecule has 0 heterocycles. The Kier molecular flexibility index (Phi) is 5.47. The van der Waals surface area contributed by atoms with Gasteiger partial charge >= 0.3 is 103 Å². The molecular weight excluding hydrogens is 267 g/mol. The molecule has 4 heteroatoms. The van der Waals surface area contributed by atoms with E-state index in [1.807, 2.05) is 0 Å². The number of hydrogen-bond acceptors (Lipinski definition) is 3. The van der Waals surface area contributed by atoms with Crippen molar-refractivity contribution in [3.63, 3.8) is 0 Å². The summed E-state index contributed by atoms with van der Waals surface area (Å²) in [4.78, 5) is 0. The molecule has 0 aromatic rings. The Balaban J connectivity index is 1.66. The van der Waals surface area contributed by atoms with Crippen LogP contribution in [0.4, 0.5) is 0 Å². The standard InChI is InChI=1S/C12H23AsO3/c14-13(15-11-7-3-1-4-8-11)16-12-9-5-2-6-10-12/h11-13H,1-10H2. The molecule has 94 valence electrons. The average Bonchev–Trinajstić information content (AvgIpc) is 2.31. The molecule has 0 radical (unpaired) electrons. The van der Waals surface area contributed by atoms with Crippen molar-refractivity contribution in [2.45, 2.75) is 76.4 Å². The van der Waals surface area contributed by atoms with Crippen LogP contribution in [0.15, 0.2) is 0 Å². The summed E-state index contributed by atoms with van der Waals surface area (Å²) in [6, 6.07) is 0. The van der Waals surface area contributed by atoms with Crippen molar-refractivity contribution >= 4 is 15.3 Å². The van der Waals surface area contributed by atoms with Crippen LogP contribution in [0.1, 0.15) is 64.2 Å². The van der Waals surface area contributed by atoms with E-state index >= 15 is 0 Å². The minimum atomic E-state index is -2.87. The topological polar surface area (TPSA) is 35.5 Å². The molecule has 0 bridgehead atoms. The van der Waals surface area contributed by atoms with E-state index in [1.54, 1.807) is 0 Å². The third kappa shape index (κ3) is 4.27. The minimum absolute atomic E-state index is 0.227. The first-order valence-electron chi connectivity index (χ1n) is 6.72. The van der Waals surface area contributed by atoms with Crippen LogP contribution < -0.4 is 0 Å². The number of rotatable bonds is 4. The quantitative estimate of drug-likeness (QED) is 0.747. The van der Waals surface area contributed by atoms with Gasteiger partial charge in [0.25, 0.3) is 0 Å². The predicted octanol–water partition coefficient (Wildman–Crippen LogP) is 2.83. The van der Waals surface area contributed by atoms with E-state index in [1.165, 1.54) is 38.5 Å². The van der Waals surface area contributed by atoms with Crippen LogP contribution in [0.5, 0.6) is 0 Å². The summed E-state index contributed by atoms with van der Waals surface area (Å²) in [5.41, 5.74) is 0. The summed E-state index contributed by atoms with van der Waals surface area (Å²) in [6.45, 7) is 0. The fourth-order valence-corrected chi connectivity index (χ4v) is 4.91. The fourth-order valence-electron chi connectivity index (χ4n) is 2.67. The van der Waals surface area contributed by atoms with Gasteiger partial charge in [0.05, 0.1) is 0 Å². The van der Waals surface area contributed by atoms with Gasteiger partial charge < -0.3 is 0 Å². The maximum atomic E-state index is 11.8. The van der Waals surface area contributed by atoms with Crippen molar-refractivity contribution in [2.24, 2.45) is 0 Å². The first-order valence-corrected chi connectivity index (χ1v) is 9.29. The Labute approximate surface area is 103 Å². The van der Waals surface area contributed by atoms with E-state index in [0.29, 0.717) is 0 Å². The van der Waals surface area contributed by atoms with Gasteiger partial charge in [0.15, 0.2) is 0 Å². The van der Waals surface area contributed by atoms with E-state index in [2.05, 4.69) is 0 Å². The van der Waals surface area contributed by atoms with Gasteiger partial charge in [0.2, 0.25) is 0 Å². The van der Waals surface area contributed by atoms with Crippen molar-refractivity contribution in [1.82, 2.24) is 0 Å². The Morgan fingerprint density at radius 1 is 0.688 bits per heavy atom. The molecule has 0 spiro atoms. The van der Waals surface area contributed by atoms with Crippen LogP contribution in [0.3, 0.4) is 0 Å². The Morgan fingerprint density at radius 3 is 1.44 bits per heavy atom. The molecule has 0 N–H and O–H groups in total. The van der Waals surface area contributed by atoms with Gasteiger partial charge in [0.1, 0.15) is 0 Å². The molecule has 2 rings (SSSR count). The molecule has 2 fully saturated rings. The van der Waals surface area contributed by atoms with E-state index in [4.69, 9.17) is 7.45 Å². The average molecular weight is 290 g/mol. The molecule has 0 unspecified atom stereocenters. The van der Waals surface area contributed by atoms with Crippen molar-refractivity contribution < 1.29 is 11.2 Å². The Bertz CT molecular complexity index is 198. The summed E-state index contributed by atoms with van der Waals surface area (Å²) in [6.07, 6.45) is 12.3. The molecule has 2 aliphatic rings. The third-order valence-electron chi connectivity index (χ3n) is 3.63. The van der Waals surface area contributed by atoms with Crippen molar-refractivity contribution in [3.05, 3.63) is 0 Å². The van der Waals surface area contributed by atoms with E-state index in [0.717, 1.165) is 25.7 Å². The van der Waals surface area contributed by atoms with Crippen molar-refractivity contribution in [2.75, 3.05) is 0 Å². The van der Waals surface area contributed by atoms with Crippen LogP contribution in [-0.4, -0.2) is 27.5 Å². The van der Waals surface area contributed by atoms with Crippen molar-refractivity contribution in [3.8, 4) is 0 Å². The summed E-state index contributed by atoms with van der Waals surface area (Å²) in [5, 5.41) is 0. The molecule has 0 aromatic carbocycles. The van der Waals surface area contributed by atoms with Gasteiger partial charge in [-0.25, -0.2) is 0 Å². The monoisotopic (exact) mass is 290 g/mol. The molecule has 3 nitrogen and oxygen atoms in total. The normalized spacial score (nSPS) is 25.1. The summed E-state index contributed by atoms with van der Waals surface area (Å²) in [7, 11) is 0. The molecule has 16 heavy (non-hydrogen) atoms. The molecule has 0 aromatic heterocycles. The summed E-state index contributed by atoms with van der Waals surface area (Å²) >= 11 is -2.87. The van der Waals surface area contributed by atoms with Gasteiger partial charge in [-0.2, -0.15) is 0 Å². The second-order valence-corrected chi connectivity index (χ2v) is 7.04. The van der Waals surface area contributed by atoms with Gasteiger partial charge in [-0.05, 0) is 0 Å². The van der Waals surface area contributed by atoms with Gasteiger partial charge in [-0.1, -0.05) is 0 Å². The van der Waals surface area contributed by atoms with E-state index in [9.17, 15) is 3.74 Å². The summed E-state index contributed by atoms with van der Waals surface area (Å²) in [5.74, 6) is 0. The van der Waals surface area contributed by atoms with Crippen LogP contribution in [0.2, 0.25) is 0 Å². The van der Waals surface area contributed by atoms with Crippen LogP contribution in [-0.2, 0) is 11.2 Å². The molecule has 2 saturated carbocycles. The predicted molar refractivity (Wildman–Crippen MR) is 63.8 cm³/mol. The van der Waals surface area contributed by atoms with Crippen molar-refractivity contribution in [1.29, 1.82) is 0 Å². The zero-order valence-corrected chi connectivity index (χ0v) is 12.0. The Morgan fingerprint density at radius 2 is 1.06 bits per heavy atom. The fraction of sp³-hybridized carbons (Fsp3) is 1.00. The van der Waals surface area contributed by atoms with Crippen LogP contribution >= 0.6 is 0 Å². The van der Waals surface area contributed by atoms with E-state index < -0.39 is 15.3 Å². The second-order valence-electron chi connectivity index (χ2n) is 5.01. The van der Waals surface area contributed by atoms with Gasteiger partial charge in [-0.3, -0.25) is 0 Å². The van der Waals surface area contributed by atoms with Gasteiger partial charge in [0, 0.05) is 0 Å². The SMILES string of the molecule is O=[AsH](OC1CCCCC1)OC1CCCCC1. The van der Waals surface area contributed by atoms with Gasteiger partial charge in [-0.15, -0.1) is 0 Å². The first kappa shape index (κ1) is 12.7. The molecular formula is C12H23AsO3. The van der Waals surface area contributed by atoms with Crippen LogP contribution in [0.25, 0.3) is 0 Å². The zero-order chi connectivity index (χ0) is 11.2. The number of hydrogen-bond donors (Lipinski definition) is 0. The molecule has 0 atom stereocenters. The first-order chi connectivity index (χ1) is 7.84. The molecule has 0 saturated heterocycles. The van der Waals surface area contributed by atoms with Crippen LogP contribution in [0, 0.1) is 0 Å². The third-order valence-corrected chi connectivity index (χ3v) is 5.84. The zero-order valence-electron chi connectivity index (χ0n) is 9.95.